The Labute approximate surface area is 227 Å². The number of amides is 2. The van der Waals surface area contributed by atoms with Gasteiger partial charge in [-0.25, -0.2) is 4.39 Å². The van der Waals surface area contributed by atoms with Gasteiger partial charge in [0.15, 0.2) is 24.8 Å². The molecule has 0 aliphatic carbocycles. The molecule has 2 amide bonds. The summed E-state index contributed by atoms with van der Waals surface area (Å²) < 4.78 is 29.9. The van der Waals surface area contributed by atoms with Crippen LogP contribution in [-0.4, -0.2) is 30.8 Å². The van der Waals surface area contributed by atoms with E-state index in [0.29, 0.717) is 33.5 Å². The number of halogens is 2. The van der Waals surface area contributed by atoms with Gasteiger partial charge in [-0.1, -0.05) is 23.7 Å². The van der Waals surface area contributed by atoms with Gasteiger partial charge in [0.1, 0.15) is 23.1 Å². The zero-order valence-corrected chi connectivity index (χ0v) is 21.2. The third-order valence-electron chi connectivity index (χ3n) is 5.97. The van der Waals surface area contributed by atoms with E-state index in [1.54, 1.807) is 60.7 Å². The molecule has 0 saturated carbocycles. The number of hydrogen-bond acceptors (Lipinski definition) is 6. The fraction of sp³-hybridized carbons (Fsp3) is 0.138. The molecule has 10 heteroatoms. The van der Waals surface area contributed by atoms with Crippen molar-refractivity contribution >= 4 is 34.9 Å². The zero-order valence-electron chi connectivity index (χ0n) is 20.5. The van der Waals surface area contributed by atoms with Crippen molar-refractivity contribution in [3.05, 3.63) is 112 Å². The number of rotatable bonds is 9. The lowest BCUT2D eigenvalue weighted by Crippen LogP contribution is -2.38. The second-order valence-corrected chi connectivity index (χ2v) is 9.13. The number of ketones is 1. The largest absolute Gasteiger partial charge is 0.485 e. The van der Waals surface area contributed by atoms with E-state index in [2.05, 4.69) is 5.32 Å². The van der Waals surface area contributed by atoms with Crippen LogP contribution >= 0.6 is 11.6 Å². The summed E-state index contributed by atoms with van der Waals surface area (Å²) in [7, 11) is 0. The molecule has 0 bridgehead atoms. The molecule has 0 unspecified atom stereocenters. The lowest BCUT2D eigenvalue weighted by Gasteiger charge is -2.29. The van der Waals surface area contributed by atoms with Crippen LogP contribution in [0.3, 0.4) is 0 Å². The highest BCUT2D eigenvalue weighted by molar-refractivity contribution is 6.30. The summed E-state index contributed by atoms with van der Waals surface area (Å²) in [6, 6.07) is 20.4. The molecule has 0 fully saturated rings. The van der Waals surface area contributed by atoms with Crippen LogP contribution in [0.15, 0.2) is 83.3 Å². The monoisotopic (exact) mass is 548 g/mol. The fourth-order valence-corrected chi connectivity index (χ4v) is 4.05. The SMILES string of the molecule is O=C(COc1ccc(Cl)cc1)c1ccc2c(c1)N(Cc1ccc(C(=O)NCc3ccc(F)cc3)o1)C(=O)CO2. The van der Waals surface area contributed by atoms with Crippen molar-refractivity contribution in [2.45, 2.75) is 13.1 Å². The number of ether oxygens (including phenoxy) is 2. The number of nitrogens with one attached hydrogen (secondary N) is 1. The van der Waals surface area contributed by atoms with Gasteiger partial charge < -0.3 is 19.2 Å². The first-order valence-electron chi connectivity index (χ1n) is 12.0. The second-order valence-electron chi connectivity index (χ2n) is 8.69. The molecule has 1 aromatic heterocycles. The van der Waals surface area contributed by atoms with E-state index < -0.39 is 5.91 Å². The van der Waals surface area contributed by atoms with Gasteiger partial charge in [-0.3, -0.25) is 19.3 Å². The zero-order chi connectivity index (χ0) is 27.4. The third-order valence-corrected chi connectivity index (χ3v) is 6.23. The van der Waals surface area contributed by atoms with Crippen LogP contribution in [0.25, 0.3) is 0 Å². The van der Waals surface area contributed by atoms with Gasteiger partial charge in [0.25, 0.3) is 11.8 Å². The van der Waals surface area contributed by atoms with E-state index in [1.807, 2.05) is 0 Å². The van der Waals surface area contributed by atoms with Crippen LogP contribution in [0.2, 0.25) is 5.02 Å². The summed E-state index contributed by atoms with van der Waals surface area (Å²) in [4.78, 5) is 39.5. The predicted molar refractivity (Wildman–Crippen MR) is 141 cm³/mol. The van der Waals surface area contributed by atoms with Gasteiger partial charge in [0.2, 0.25) is 0 Å². The molecular weight excluding hydrogens is 527 g/mol. The van der Waals surface area contributed by atoms with E-state index in [-0.39, 0.29) is 49.6 Å². The Bertz CT molecular complexity index is 1520. The predicted octanol–water partition coefficient (Wildman–Crippen LogP) is 5.19. The van der Waals surface area contributed by atoms with E-state index in [0.717, 1.165) is 5.56 Å². The van der Waals surface area contributed by atoms with Crippen molar-refractivity contribution in [3.8, 4) is 11.5 Å². The molecule has 0 atom stereocenters. The molecule has 1 aliphatic rings. The van der Waals surface area contributed by atoms with Gasteiger partial charge in [-0.05, 0) is 72.3 Å². The molecule has 4 aromatic rings. The van der Waals surface area contributed by atoms with Gasteiger partial charge in [0, 0.05) is 17.1 Å². The van der Waals surface area contributed by atoms with Crippen molar-refractivity contribution in [1.29, 1.82) is 0 Å². The maximum atomic E-state index is 13.1. The Morgan fingerprint density at radius 2 is 1.77 bits per heavy atom. The van der Waals surface area contributed by atoms with Crippen molar-refractivity contribution in [2.75, 3.05) is 18.1 Å². The molecule has 1 aliphatic heterocycles. The number of fused-ring (bicyclic) bond motifs is 1. The van der Waals surface area contributed by atoms with Gasteiger partial charge in [-0.2, -0.15) is 0 Å². The Hall–Kier alpha value is -4.63. The molecule has 0 saturated heterocycles. The molecule has 2 heterocycles. The standard InChI is InChI=1S/C29H22ClFN2O6/c30-20-4-8-22(9-5-20)37-16-25(34)19-3-11-26-24(13-19)33(28(35)17-38-26)15-23-10-12-27(39-23)29(36)32-14-18-1-6-21(31)7-2-18/h1-13H,14-17H2,(H,32,36). The highest BCUT2D eigenvalue weighted by atomic mass is 35.5. The topological polar surface area (TPSA) is 98.1 Å². The van der Waals surface area contributed by atoms with Crippen molar-refractivity contribution < 1.29 is 32.7 Å². The minimum atomic E-state index is -0.451. The van der Waals surface area contributed by atoms with E-state index in [1.165, 1.54) is 23.1 Å². The van der Waals surface area contributed by atoms with Crippen LogP contribution in [-0.2, 0) is 17.9 Å². The Morgan fingerprint density at radius 3 is 2.54 bits per heavy atom. The number of carbonyl (C=O) groups excluding carboxylic acids is 3. The van der Waals surface area contributed by atoms with Crippen LogP contribution in [0.4, 0.5) is 10.1 Å². The Kier molecular flexibility index (Phi) is 7.60. The summed E-state index contributed by atoms with van der Waals surface area (Å²) in [5, 5.41) is 3.27. The van der Waals surface area contributed by atoms with E-state index in [4.69, 9.17) is 25.5 Å². The number of anilines is 1. The lowest BCUT2D eigenvalue weighted by atomic mass is 10.1. The molecule has 3 aromatic carbocycles. The molecule has 1 N–H and O–H groups in total. The summed E-state index contributed by atoms with van der Waals surface area (Å²) in [5.74, 6) is -0.0559. The Morgan fingerprint density at radius 1 is 1.00 bits per heavy atom. The molecule has 0 radical (unpaired) electrons. The average molecular weight is 549 g/mol. The van der Waals surface area contributed by atoms with Gasteiger partial charge >= 0.3 is 0 Å². The summed E-state index contributed by atoms with van der Waals surface area (Å²) in [6.07, 6.45) is 0. The normalized spacial score (nSPS) is 12.5. The maximum absolute atomic E-state index is 13.1. The summed E-state index contributed by atoms with van der Waals surface area (Å²) >= 11 is 5.88. The number of nitrogens with zero attached hydrogens (tertiary/aromatic N) is 1. The second kappa shape index (κ2) is 11.4. The average Bonchev–Trinajstić information content (AvgIpc) is 3.42. The van der Waals surface area contributed by atoms with Crippen molar-refractivity contribution in [3.63, 3.8) is 0 Å². The first kappa shape index (κ1) is 26.0. The third kappa shape index (κ3) is 6.27. The van der Waals surface area contributed by atoms with E-state index in [9.17, 15) is 18.8 Å². The number of furan rings is 1. The molecule has 5 rings (SSSR count). The van der Waals surface area contributed by atoms with Crippen molar-refractivity contribution in [2.24, 2.45) is 0 Å². The van der Waals surface area contributed by atoms with Crippen LogP contribution in [0.5, 0.6) is 11.5 Å². The van der Waals surface area contributed by atoms with Crippen LogP contribution < -0.4 is 19.7 Å². The van der Waals surface area contributed by atoms with E-state index >= 15 is 0 Å². The molecular formula is C29H22ClFN2O6. The molecule has 0 spiro atoms. The first-order chi connectivity index (χ1) is 18.9. The lowest BCUT2D eigenvalue weighted by molar-refractivity contribution is -0.121. The molecule has 198 valence electrons. The highest BCUT2D eigenvalue weighted by Crippen LogP contribution is 2.34. The minimum absolute atomic E-state index is 0.0271. The first-order valence-corrected chi connectivity index (χ1v) is 12.3. The minimum Gasteiger partial charge on any atom is -0.485 e. The molecule has 8 nitrogen and oxygen atoms in total. The summed E-state index contributed by atoms with van der Waals surface area (Å²) in [5.41, 5.74) is 1.48. The number of carbonyl (C=O) groups is 3. The Balaban J connectivity index is 1.25. The number of Topliss-reactive ketones (excluding diaryl/α,β-unsaturated/α-hetero) is 1. The van der Waals surface area contributed by atoms with Crippen LogP contribution in [0, 0.1) is 5.82 Å². The van der Waals surface area contributed by atoms with Crippen molar-refractivity contribution in [1.82, 2.24) is 5.32 Å². The van der Waals surface area contributed by atoms with Crippen LogP contribution in [0.1, 0.15) is 32.2 Å². The number of hydrogen-bond donors (Lipinski definition) is 1. The maximum Gasteiger partial charge on any atom is 0.287 e. The smallest absolute Gasteiger partial charge is 0.287 e. The van der Waals surface area contributed by atoms with Gasteiger partial charge in [0.05, 0.1) is 12.2 Å². The highest BCUT2D eigenvalue weighted by Gasteiger charge is 2.28. The van der Waals surface area contributed by atoms with Gasteiger partial charge in [-0.15, -0.1) is 0 Å². The fourth-order valence-electron chi connectivity index (χ4n) is 3.92. The number of benzene rings is 3. The summed E-state index contributed by atoms with van der Waals surface area (Å²) in [6.45, 7) is -0.155. The quantitative estimate of drug-likeness (QED) is 0.289. The molecule has 39 heavy (non-hydrogen) atoms.